The summed E-state index contributed by atoms with van der Waals surface area (Å²) in [5, 5.41) is 5.32. The Morgan fingerprint density at radius 3 is 2.52 bits per heavy atom. The van der Waals surface area contributed by atoms with Gasteiger partial charge in [0.1, 0.15) is 0 Å². The number of amides is 1. The van der Waals surface area contributed by atoms with E-state index >= 15 is 0 Å². The van der Waals surface area contributed by atoms with Crippen molar-refractivity contribution < 1.29 is 4.79 Å². The monoisotopic (exact) mass is 304 g/mol. The number of fused-ring (bicyclic) bond motifs is 1. The summed E-state index contributed by atoms with van der Waals surface area (Å²) in [5.41, 5.74) is 3.00. The molecule has 0 heterocycles. The van der Waals surface area contributed by atoms with Crippen molar-refractivity contribution in [1.29, 1.82) is 0 Å². The largest absolute Gasteiger partial charge is 0.365 e. The summed E-state index contributed by atoms with van der Waals surface area (Å²) in [4.78, 5) is 14.2. The van der Waals surface area contributed by atoms with Gasteiger partial charge in [-0.05, 0) is 47.5 Å². The molecule has 3 heteroatoms. The molecule has 0 bridgehead atoms. The van der Waals surface area contributed by atoms with E-state index in [0.29, 0.717) is 6.54 Å². The van der Waals surface area contributed by atoms with Crippen molar-refractivity contribution in [2.75, 3.05) is 23.8 Å². The van der Waals surface area contributed by atoms with Crippen molar-refractivity contribution in [3.63, 3.8) is 0 Å². The quantitative estimate of drug-likeness (QED) is 0.782. The molecular weight excluding hydrogens is 284 g/mol. The highest BCUT2D eigenvalue weighted by Crippen LogP contribution is 2.21. The predicted octanol–water partition coefficient (Wildman–Crippen LogP) is 4.22. The summed E-state index contributed by atoms with van der Waals surface area (Å²) in [6.07, 6.45) is 0. The van der Waals surface area contributed by atoms with Crippen molar-refractivity contribution in [1.82, 2.24) is 0 Å². The van der Waals surface area contributed by atoms with Gasteiger partial charge >= 0.3 is 0 Å². The van der Waals surface area contributed by atoms with Crippen LogP contribution >= 0.6 is 0 Å². The Morgan fingerprint density at radius 1 is 0.957 bits per heavy atom. The lowest BCUT2D eigenvalue weighted by Crippen LogP contribution is -2.30. The van der Waals surface area contributed by atoms with Gasteiger partial charge in [0.05, 0.1) is 6.54 Å². The van der Waals surface area contributed by atoms with Crippen LogP contribution in [-0.2, 0) is 4.79 Å². The van der Waals surface area contributed by atoms with Gasteiger partial charge in [-0.1, -0.05) is 42.5 Å². The van der Waals surface area contributed by atoms with Crippen molar-refractivity contribution in [2.24, 2.45) is 0 Å². The zero-order valence-corrected chi connectivity index (χ0v) is 13.4. The molecule has 0 fully saturated rings. The van der Waals surface area contributed by atoms with Gasteiger partial charge in [0.2, 0.25) is 5.91 Å². The Hall–Kier alpha value is -2.81. The molecule has 1 amide bonds. The lowest BCUT2D eigenvalue weighted by atomic mass is 10.1. The molecule has 116 valence electrons. The van der Waals surface area contributed by atoms with Gasteiger partial charge in [0.25, 0.3) is 0 Å². The number of carbonyl (C=O) groups is 1. The maximum atomic E-state index is 12.2. The normalized spacial score (nSPS) is 10.5. The number of benzene rings is 3. The van der Waals surface area contributed by atoms with Gasteiger partial charge < -0.3 is 10.2 Å². The molecule has 3 aromatic rings. The Morgan fingerprint density at radius 2 is 1.74 bits per heavy atom. The number of hydrogen-bond donors (Lipinski definition) is 1. The van der Waals surface area contributed by atoms with E-state index in [1.165, 1.54) is 10.8 Å². The van der Waals surface area contributed by atoms with Gasteiger partial charge in [-0.3, -0.25) is 4.79 Å². The van der Waals surface area contributed by atoms with Crippen molar-refractivity contribution in [3.8, 4) is 0 Å². The molecule has 0 aromatic heterocycles. The number of hydrogen-bond acceptors (Lipinski definition) is 2. The molecule has 0 radical (unpaired) electrons. The smallest absolute Gasteiger partial charge is 0.243 e. The molecule has 3 aromatic carbocycles. The van der Waals surface area contributed by atoms with Gasteiger partial charge in [-0.2, -0.15) is 0 Å². The van der Waals surface area contributed by atoms with E-state index in [2.05, 4.69) is 29.6 Å². The Bertz CT molecular complexity index is 842. The Balaban J connectivity index is 1.69. The highest BCUT2D eigenvalue weighted by atomic mass is 16.2. The summed E-state index contributed by atoms with van der Waals surface area (Å²) in [5.74, 6) is -0.0220. The van der Waals surface area contributed by atoms with Gasteiger partial charge in [-0.15, -0.1) is 0 Å². The molecule has 23 heavy (non-hydrogen) atoms. The fraction of sp³-hybridized carbons (Fsp3) is 0.150. The van der Waals surface area contributed by atoms with Crippen LogP contribution in [0.1, 0.15) is 5.56 Å². The van der Waals surface area contributed by atoms with Crippen LogP contribution in [0.4, 0.5) is 11.4 Å². The second-order valence-corrected chi connectivity index (χ2v) is 5.81. The van der Waals surface area contributed by atoms with E-state index < -0.39 is 0 Å². The molecule has 3 rings (SSSR count). The minimum atomic E-state index is -0.0220. The number of nitrogens with one attached hydrogen (secondary N) is 1. The Kier molecular flexibility index (Phi) is 4.29. The third-order valence-corrected chi connectivity index (χ3v) is 3.86. The van der Waals surface area contributed by atoms with Crippen LogP contribution in [0.2, 0.25) is 0 Å². The predicted molar refractivity (Wildman–Crippen MR) is 97.0 cm³/mol. The van der Waals surface area contributed by atoms with E-state index in [1.807, 2.05) is 61.3 Å². The number of carbonyl (C=O) groups excluding carboxylic acids is 1. The fourth-order valence-corrected chi connectivity index (χ4v) is 2.64. The summed E-state index contributed by atoms with van der Waals surface area (Å²) in [6.45, 7) is 2.32. The van der Waals surface area contributed by atoms with Crippen LogP contribution in [-0.4, -0.2) is 19.5 Å². The maximum absolute atomic E-state index is 12.2. The standard InChI is InChI=1S/C20H20N2O/c1-15-6-5-9-18(12-15)21-20(23)14-22(2)19-11-10-16-7-3-4-8-17(16)13-19/h3-13H,14H2,1-2H3,(H,21,23). The van der Waals surface area contributed by atoms with Crippen LogP contribution in [0.5, 0.6) is 0 Å². The average Bonchev–Trinajstić information content (AvgIpc) is 2.54. The fourth-order valence-electron chi connectivity index (χ4n) is 2.64. The third kappa shape index (κ3) is 3.69. The second kappa shape index (κ2) is 6.53. The molecule has 0 atom stereocenters. The zero-order chi connectivity index (χ0) is 16.2. The van der Waals surface area contributed by atoms with E-state index in [-0.39, 0.29) is 5.91 Å². The lowest BCUT2D eigenvalue weighted by molar-refractivity contribution is -0.114. The average molecular weight is 304 g/mol. The molecule has 0 spiro atoms. The molecule has 0 aliphatic carbocycles. The highest BCUT2D eigenvalue weighted by molar-refractivity contribution is 5.94. The molecule has 0 saturated carbocycles. The summed E-state index contributed by atoms with van der Waals surface area (Å²) >= 11 is 0. The lowest BCUT2D eigenvalue weighted by Gasteiger charge is -2.19. The van der Waals surface area contributed by atoms with Crippen molar-refractivity contribution >= 4 is 28.1 Å². The first kappa shape index (κ1) is 15.1. The van der Waals surface area contributed by atoms with Gasteiger partial charge in [-0.25, -0.2) is 0 Å². The highest BCUT2D eigenvalue weighted by Gasteiger charge is 2.08. The summed E-state index contributed by atoms with van der Waals surface area (Å²) in [6, 6.07) is 22.3. The molecule has 0 saturated heterocycles. The van der Waals surface area contributed by atoms with Crippen LogP contribution in [0.3, 0.4) is 0 Å². The zero-order valence-electron chi connectivity index (χ0n) is 13.4. The number of rotatable bonds is 4. The first-order chi connectivity index (χ1) is 11.1. The van der Waals surface area contributed by atoms with E-state index in [0.717, 1.165) is 16.9 Å². The van der Waals surface area contributed by atoms with Crippen LogP contribution in [0.15, 0.2) is 66.7 Å². The van der Waals surface area contributed by atoms with E-state index in [1.54, 1.807) is 0 Å². The number of aryl methyl sites for hydroxylation is 1. The minimum absolute atomic E-state index is 0.0220. The topological polar surface area (TPSA) is 32.3 Å². The summed E-state index contributed by atoms with van der Waals surface area (Å²) < 4.78 is 0. The molecule has 0 aliphatic heterocycles. The first-order valence-corrected chi connectivity index (χ1v) is 7.68. The third-order valence-electron chi connectivity index (χ3n) is 3.86. The minimum Gasteiger partial charge on any atom is -0.365 e. The van der Waals surface area contributed by atoms with Gasteiger partial charge in [0, 0.05) is 18.4 Å². The SMILES string of the molecule is Cc1cccc(NC(=O)CN(C)c2ccc3ccccc3c2)c1. The van der Waals surface area contributed by atoms with Crippen LogP contribution < -0.4 is 10.2 Å². The molecule has 0 unspecified atom stereocenters. The number of likely N-dealkylation sites (N-methyl/N-ethyl adjacent to an activating group) is 1. The van der Waals surface area contributed by atoms with E-state index in [9.17, 15) is 4.79 Å². The Labute approximate surface area is 136 Å². The summed E-state index contributed by atoms with van der Waals surface area (Å²) in [7, 11) is 1.93. The molecule has 0 aliphatic rings. The first-order valence-electron chi connectivity index (χ1n) is 7.68. The molecular formula is C20H20N2O. The molecule has 3 nitrogen and oxygen atoms in total. The van der Waals surface area contributed by atoms with Gasteiger partial charge in [0.15, 0.2) is 0 Å². The van der Waals surface area contributed by atoms with Crippen molar-refractivity contribution in [2.45, 2.75) is 6.92 Å². The number of nitrogens with zero attached hydrogens (tertiary/aromatic N) is 1. The maximum Gasteiger partial charge on any atom is 0.243 e. The molecule has 1 N–H and O–H groups in total. The number of anilines is 2. The van der Waals surface area contributed by atoms with E-state index in [4.69, 9.17) is 0 Å². The van der Waals surface area contributed by atoms with Crippen LogP contribution in [0, 0.1) is 6.92 Å². The van der Waals surface area contributed by atoms with Crippen LogP contribution in [0.25, 0.3) is 10.8 Å². The second-order valence-electron chi connectivity index (χ2n) is 5.81. The van der Waals surface area contributed by atoms with Crippen molar-refractivity contribution in [3.05, 3.63) is 72.3 Å².